The summed E-state index contributed by atoms with van der Waals surface area (Å²) >= 11 is 7.51. The fourth-order valence-corrected chi connectivity index (χ4v) is 3.04. The van der Waals surface area contributed by atoms with Crippen molar-refractivity contribution in [1.29, 1.82) is 0 Å². The van der Waals surface area contributed by atoms with Crippen LogP contribution in [0.4, 0.5) is 0 Å². The molecule has 0 saturated carbocycles. The van der Waals surface area contributed by atoms with Crippen molar-refractivity contribution in [3.05, 3.63) is 70.2 Å². The molecule has 4 nitrogen and oxygen atoms in total. The predicted octanol–water partition coefficient (Wildman–Crippen LogP) is 3.82. The number of amides is 2. The molecule has 6 heteroatoms. The van der Waals surface area contributed by atoms with E-state index < -0.39 is 6.04 Å². The molecule has 0 fully saturated rings. The number of carbonyl (C=O) groups excluding carboxylic acids is 2. The van der Waals surface area contributed by atoms with E-state index in [1.165, 1.54) is 0 Å². The summed E-state index contributed by atoms with van der Waals surface area (Å²) < 4.78 is 0. The molecule has 0 aromatic heterocycles. The van der Waals surface area contributed by atoms with E-state index in [2.05, 4.69) is 10.6 Å². The summed E-state index contributed by atoms with van der Waals surface area (Å²) in [5.41, 5.74) is 2.52. The molecule has 0 heterocycles. The third-order valence-electron chi connectivity index (χ3n) is 3.89. The van der Waals surface area contributed by atoms with E-state index in [9.17, 15) is 9.59 Å². The fraction of sp³-hybridized carbons (Fsp3) is 0.300. The number of aryl methyl sites for hydroxylation is 1. The Morgan fingerprint density at radius 3 is 2.54 bits per heavy atom. The van der Waals surface area contributed by atoms with Gasteiger partial charge in [-0.1, -0.05) is 41.4 Å². The molecule has 1 atom stereocenters. The van der Waals surface area contributed by atoms with Crippen LogP contribution in [0.15, 0.2) is 48.5 Å². The van der Waals surface area contributed by atoms with Gasteiger partial charge in [-0.3, -0.25) is 9.59 Å². The highest BCUT2D eigenvalue weighted by Crippen LogP contribution is 2.10. The zero-order chi connectivity index (χ0) is 18.9. The third kappa shape index (κ3) is 6.39. The standard InChI is InChI=1S/C20H23ClN2O2S/c1-14-4-3-5-16(12-14)19(24)23-18(10-11-26-2)20(25)22-13-15-6-8-17(21)9-7-15/h3-9,12,18H,10-11,13H2,1-2H3,(H,22,25)(H,23,24). The Kier molecular flexibility index (Phi) is 8.01. The van der Waals surface area contributed by atoms with Crippen LogP contribution in [0.2, 0.25) is 5.02 Å². The minimum absolute atomic E-state index is 0.185. The SMILES string of the molecule is CSCCC(NC(=O)c1cccc(C)c1)C(=O)NCc1ccc(Cl)cc1. The molecule has 2 amide bonds. The van der Waals surface area contributed by atoms with E-state index in [0.29, 0.717) is 23.6 Å². The van der Waals surface area contributed by atoms with Crippen LogP contribution in [-0.4, -0.2) is 29.9 Å². The number of rotatable bonds is 8. The highest BCUT2D eigenvalue weighted by Gasteiger charge is 2.21. The molecule has 0 aliphatic heterocycles. The second-order valence-corrected chi connectivity index (χ2v) is 7.44. The molecule has 2 rings (SSSR count). The van der Waals surface area contributed by atoms with Gasteiger partial charge in [0.2, 0.25) is 5.91 Å². The molecule has 138 valence electrons. The number of thioether (sulfide) groups is 1. The third-order valence-corrected chi connectivity index (χ3v) is 4.79. The van der Waals surface area contributed by atoms with Crippen LogP contribution in [0.25, 0.3) is 0 Å². The van der Waals surface area contributed by atoms with Crippen LogP contribution in [0.5, 0.6) is 0 Å². The van der Waals surface area contributed by atoms with Crippen molar-refractivity contribution >= 4 is 35.2 Å². The van der Waals surface area contributed by atoms with Gasteiger partial charge < -0.3 is 10.6 Å². The summed E-state index contributed by atoms with van der Waals surface area (Å²) in [6.45, 7) is 2.33. The minimum atomic E-state index is -0.567. The van der Waals surface area contributed by atoms with E-state index in [1.807, 2.05) is 43.5 Å². The second kappa shape index (κ2) is 10.2. The molecule has 2 aromatic carbocycles. The first-order valence-corrected chi connectivity index (χ1v) is 10.2. The van der Waals surface area contributed by atoms with E-state index in [4.69, 9.17) is 11.6 Å². The zero-order valence-corrected chi connectivity index (χ0v) is 16.5. The quantitative estimate of drug-likeness (QED) is 0.720. The average molecular weight is 391 g/mol. The summed E-state index contributed by atoms with van der Waals surface area (Å²) in [4.78, 5) is 25.0. The Bertz CT molecular complexity index is 750. The fourth-order valence-electron chi connectivity index (χ4n) is 2.45. The second-order valence-electron chi connectivity index (χ2n) is 6.02. The number of halogens is 1. The predicted molar refractivity (Wildman–Crippen MR) is 109 cm³/mol. The van der Waals surface area contributed by atoms with Gasteiger partial charge in [0.15, 0.2) is 0 Å². The first kappa shape index (κ1) is 20.3. The molecule has 0 bridgehead atoms. The Hall–Kier alpha value is -1.98. The first-order valence-electron chi connectivity index (χ1n) is 8.38. The number of carbonyl (C=O) groups is 2. The van der Waals surface area contributed by atoms with Crippen molar-refractivity contribution in [1.82, 2.24) is 10.6 Å². The molecular weight excluding hydrogens is 368 g/mol. The van der Waals surface area contributed by atoms with Gasteiger partial charge in [0.25, 0.3) is 5.91 Å². The number of hydrogen-bond acceptors (Lipinski definition) is 3. The monoisotopic (exact) mass is 390 g/mol. The highest BCUT2D eigenvalue weighted by molar-refractivity contribution is 7.98. The van der Waals surface area contributed by atoms with Crippen LogP contribution in [-0.2, 0) is 11.3 Å². The van der Waals surface area contributed by atoms with Crippen molar-refractivity contribution in [2.24, 2.45) is 0 Å². The normalized spacial score (nSPS) is 11.7. The average Bonchev–Trinajstić information content (AvgIpc) is 2.64. The Morgan fingerprint density at radius 1 is 1.15 bits per heavy atom. The highest BCUT2D eigenvalue weighted by atomic mass is 35.5. The lowest BCUT2D eigenvalue weighted by Gasteiger charge is -2.18. The summed E-state index contributed by atoms with van der Waals surface area (Å²) in [7, 11) is 0. The topological polar surface area (TPSA) is 58.2 Å². The minimum Gasteiger partial charge on any atom is -0.350 e. The van der Waals surface area contributed by atoms with Crippen molar-refractivity contribution in [2.75, 3.05) is 12.0 Å². The molecule has 26 heavy (non-hydrogen) atoms. The summed E-state index contributed by atoms with van der Waals surface area (Å²) in [6.07, 6.45) is 2.55. The van der Waals surface area contributed by atoms with Crippen LogP contribution < -0.4 is 10.6 Å². The van der Waals surface area contributed by atoms with E-state index in [1.54, 1.807) is 30.0 Å². The van der Waals surface area contributed by atoms with Crippen molar-refractivity contribution in [3.63, 3.8) is 0 Å². The van der Waals surface area contributed by atoms with Crippen LogP contribution in [0.1, 0.15) is 27.9 Å². The lowest BCUT2D eigenvalue weighted by atomic mass is 10.1. The van der Waals surface area contributed by atoms with E-state index in [0.717, 1.165) is 16.9 Å². The van der Waals surface area contributed by atoms with Crippen molar-refractivity contribution in [3.8, 4) is 0 Å². The smallest absolute Gasteiger partial charge is 0.251 e. The Labute approximate surface area is 163 Å². The van der Waals surface area contributed by atoms with Crippen LogP contribution in [0, 0.1) is 6.92 Å². The van der Waals surface area contributed by atoms with Crippen LogP contribution >= 0.6 is 23.4 Å². The van der Waals surface area contributed by atoms with Gasteiger partial charge in [-0.05, 0) is 55.2 Å². The molecular formula is C20H23ClN2O2S. The largest absolute Gasteiger partial charge is 0.350 e. The van der Waals surface area contributed by atoms with Gasteiger partial charge in [-0.25, -0.2) is 0 Å². The van der Waals surface area contributed by atoms with E-state index >= 15 is 0 Å². The molecule has 2 N–H and O–H groups in total. The maximum Gasteiger partial charge on any atom is 0.251 e. The lowest BCUT2D eigenvalue weighted by molar-refractivity contribution is -0.123. The number of hydrogen-bond donors (Lipinski definition) is 2. The molecule has 0 saturated heterocycles. The van der Waals surface area contributed by atoms with Gasteiger partial charge in [-0.2, -0.15) is 11.8 Å². The zero-order valence-electron chi connectivity index (χ0n) is 14.9. The maximum atomic E-state index is 12.6. The van der Waals surface area contributed by atoms with Gasteiger partial charge in [0.05, 0.1) is 0 Å². The van der Waals surface area contributed by atoms with Gasteiger partial charge in [0, 0.05) is 17.1 Å². The number of nitrogens with one attached hydrogen (secondary N) is 2. The molecule has 0 aliphatic rings. The maximum absolute atomic E-state index is 12.6. The molecule has 0 radical (unpaired) electrons. The van der Waals surface area contributed by atoms with Crippen molar-refractivity contribution in [2.45, 2.75) is 25.9 Å². The lowest BCUT2D eigenvalue weighted by Crippen LogP contribution is -2.46. The van der Waals surface area contributed by atoms with Gasteiger partial charge in [-0.15, -0.1) is 0 Å². The number of benzene rings is 2. The van der Waals surface area contributed by atoms with Crippen LogP contribution in [0.3, 0.4) is 0 Å². The van der Waals surface area contributed by atoms with Crippen molar-refractivity contribution < 1.29 is 9.59 Å². The van der Waals surface area contributed by atoms with Gasteiger partial charge in [0.1, 0.15) is 6.04 Å². The molecule has 0 aliphatic carbocycles. The summed E-state index contributed by atoms with van der Waals surface area (Å²) in [5.74, 6) is 0.365. The molecule has 0 spiro atoms. The van der Waals surface area contributed by atoms with E-state index in [-0.39, 0.29) is 11.8 Å². The van der Waals surface area contributed by atoms with Gasteiger partial charge >= 0.3 is 0 Å². The first-order chi connectivity index (χ1) is 12.5. The summed E-state index contributed by atoms with van der Waals surface area (Å²) in [6, 6.07) is 14.1. The molecule has 2 aromatic rings. The Balaban J connectivity index is 1.99. The Morgan fingerprint density at radius 2 is 1.88 bits per heavy atom. The summed E-state index contributed by atoms with van der Waals surface area (Å²) in [5, 5.41) is 6.40. The molecule has 1 unspecified atom stereocenters.